The summed E-state index contributed by atoms with van der Waals surface area (Å²) in [6.45, 7) is 2.99. The van der Waals surface area contributed by atoms with Crippen LogP contribution in [0.25, 0.3) is 0 Å². The molecule has 2 bridgehead atoms. The number of ether oxygens (including phenoxy) is 1. The van der Waals surface area contributed by atoms with Crippen LogP contribution in [0.3, 0.4) is 0 Å². The smallest absolute Gasteiger partial charge is 0.249 e. The van der Waals surface area contributed by atoms with Gasteiger partial charge in [-0.1, -0.05) is 37.3 Å². The average Bonchev–Trinajstić information content (AvgIpc) is 3.12. The third-order valence-corrected chi connectivity index (χ3v) is 5.43. The van der Waals surface area contributed by atoms with Gasteiger partial charge < -0.3 is 14.7 Å². The zero-order chi connectivity index (χ0) is 16.3. The fraction of sp³-hybridized carbons (Fsp3) is 0.632. The van der Waals surface area contributed by atoms with Crippen molar-refractivity contribution in [3.05, 3.63) is 35.9 Å². The van der Waals surface area contributed by atoms with Crippen LogP contribution in [0.5, 0.6) is 0 Å². The molecule has 4 nitrogen and oxygen atoms in total. The van der Waals surface area contributed by atoms with Crippen molar-refractivity contribution in [3.8, 4) is 0 Å². The van der Waals surface area contributed by atoms with Gasteiger partial charge in [-0.25, -0.2) is 0 Å². The van der Waals surface area contributed by atoms with Crippen LogP contribution in [-0.4, -0.2) is 47.8 Å². The van der Waals surface area contributed by atoms with Crippen molar-refractivity contribution < 1.29 is 14.6 Å². The third kappa shape index (κ3) is 3.15. The molecule has 0 unspecified atom stereocenters. The molecule has 2 fully saturated rings. The molecule has 126 valence electrons. The highest BCUT2D eigenvalue weighted by Crippen LogP contribution is 2.51. The van der Waals surface area contributed by atoms with Crippen LogP contribution >= 0.6 is 0 Å². The molecular weight excluding hydrogens is 290 g/mol. The summed E-state index contributed by atoms with van der Waals surface area (Å²) in [7, 11) is 0. The lowest BCUT2D eigenvalue weighted by Crippen LogP contribution is -2.45. The molecule has 1 aromatic rings. The van der Waals surface area contributed by atoms with Crippen molar-refractivity contribution >= 4 is 5.91 Å². The Morgan fingerprint density at radius 1 is 1.35 bits per heavy atom. The molecule has 0 spiro atoms. The Balaban J connectivity index is 1.73. The first-order chi connectivity index (χ1) is 11.2. The fourth-order valence-corrected chi connectivity index (χ4v) is 4.46. The highest BCUT2D eigenvalue weighted by Gasteiger charge is 2.56. The van der Waals surface area contributed by atoms with E-state index in [1.54, 1.807) is 0 Å². The summed E-state index contributed by atoms with van der Waals surface area (Å²) in [4.78, 5) is 14.6. The van der Waals surface area contributed by atoms with Gasteiger partial charge in [-0.05, 0) is 37.7 Å². The summed E-state index contributed by atoms with van der Waals surface area (Å²) in [6.07, 6.45) is 4.72. The van der Waals surface area contributed by atoms with Crippen molar-refractivity contribution in [1.82, 2.24) is 4.90 Å². The summed E-state index contributed by atoms with van der Waals surface area (Å²) in [5, 5.41) is 10.1. The molecule has 0 aliphatic carbocycles. The van der Waals surface area contributed by atoms with Crippen LogP contribution in [0.2, 0.25) is 0 Å². The van der Waals surface area contributed by atoms with Crippen LogP contribution in [0, 0.1) is 5.41 Å². The van der Waals surface area contributed by atoms with E-state index in [4.69, 9.17) is 4.74 Å². The van der Waals surface area contributed by atoms with E-state index in [0.29, 0.717) is 6.61 Å². The van der Waals surface area contributed by atoms with Crippen molar-refractivity contribution in [2.45, 2.75) is 51.1 Å². The number of amides is 1. The van der Waals surface area contributed by atoms with Gasteiger partial charge in [0.25, 0.3) is 0 Å². The molecule has 1 aromatic carbocycles. The predicted molar refractivity (Wildman–Crippen MR) is 89.0 cm³/mol. The molecule has 3 atom stereocenters. The molecule has 0 aromatic heterocycles. The number of fused-ring (bicyclic) bond motifs is 2. The number of carbonyl (C=O) groups is 1. The van der Waals surface area contributed by atoms with Crippen LogP contribution in [0.4, 0.5) is 0 Å². The van der Waals surface area contributed by atoms with Crippen molar-refractivity contribution in [2.75, 3.05) is 19.8 Å². The number of carbonyl (C=O) groups excluding carboxylic acids is 1. The van der Waals surface area contributed by atoms with E-state index in [1.807, 2.05) is 30.0 Å². The second-order valence-corrected chi connectivity index (χ2v) is 6.99. The zero-order valence-corrected chi connectivity index (χ0v) is 13.9. The second kappa shape index (κ2) is 7.02. The average molecular weight is 317 g/mol. The van der Waals surface area contributed by atoms with Gasteiger partial charge in [0.2, 0.25) is 5.91 Å². The Morgan fingerprint density at radius 3 is 2.83 bits per heavy atom. The Bertz CT molecular complexity index is 533. The Hall–Kier alpha value is -1.39. The SMILES string of the molecule is CCCOCC(=O)N1[C@H]2CC[C@@H]1[C@@](CO)(Cc1ccccc1)C2. The lowest BCUT2D eigenvalue weighted by Gasteiger charge is -2.36. The third-order valence-electron chi connectivity index (χ3n) is 5.43. The minimum absolute atomic E-state index is 0.0920. The van der Waals surface area contributed by atoms with Gasteiger partial charge in [0, 0.05) is 24.1 Å². The van der Waals surface area contributed by atoms with Gasteiger partial charge in [0.15, 0.2) is 0 Å². The topological polar surface area (TPSA) is 49.8 Å². The fourth-order valence-electron chi connectivity index (χ4n) is 4.46. The minimum Gasteiger partial charge on any atom is -0.396 e. The Labute approximate surface area is 138 Å². The first-order valence-corrected chi connectivity index (χ1v) is 8.74. The summed E-state index contributed by atoms with van der Waals surface area (Å²) < 4.78 is 5.45. The first-order valence-electron chi connectivity index (χ1n) is 8.74. The normalized spacial score (nSPS) is 29.2. The number of aliphatic hydroxyl groups is 1. The van der Waals surface area contributed by atoms with Crippen molar-refractivity contribution in [1.29, 1.82) is 0 Å². The quantitative estimate of drug-likeness (QED) is 0.786. The molecule has 0 saturated carbocycles. The molecule has 3 rings (SSSR count). The molecule has 1 amide bonds. The molecule has 2 aliphatic heterocycles. The molecule has 23 heavy (non-hydrogen) atoms. The lowest BCUT2D eigenvalue weighted by molar-refractivity contribution is -0.138. The van der Waals surface area contributed by atoms with E-state index < -0.39 is 0 Å². The standard InChI is InChI=1S/C19H27NO3/c1-2-10-23-13-18(22)20-16-8-9-17(20)19(12-16,14-21)11-15-6-4-3-5-7-15/h3-7,16-17,21H,2,8-14H2,1H3/t16-,17+,19-/m0/s1. The van der Waals surface area contributed by atoms with Gasteiger partial charge in [-0.15, -0.1) is 0 Å². The number of rotatable bonds is 7. The van der Waals surface area contributed by atoms with Crippen LogP contribution in [-0.2, 0) is 16.0 Å². The largest absolute Gasteiger partial charge is 0.396 e. The van der Waals surface area contributed by atoms with Gasteiger partial charge in [-0.2, -0.15) is 0 Å². The van der Waals surface area contributed by atoms with E-state index in [0.717, 1.165) is 32.1 Å². The van der Waals surface area contributed by atoms with Crippen LogP contribution in [0.1, 0.15) is 38.2 Å². The number of nitrogens with zero attached hydrogens (tertiary/aromatic N) is 1. The van der Waals surface area contributed by atoms with E-state index in [1.165, 1.54) is 5.56 Å². The molecule has 2 heterocycles. The zero-order valence-electron chi connectivity index (χ0n) is 13.9. The maximum absolute atomic E-state index is 12.6. The summed E-state index contributed by atoms with van der Waals surface area (Å²) in [5.41, 5.74) is 1.05. The summed E-state index contributed by atoms with van der Waals surface area (Å²) in [6, 6.07) is 10.7. The highest BCUT2D eigenvalue weighted by atomic mass is 16.5. The summed E-state index contributed by atoms with van der Waals surface area (Å²) in [5.74, 6) is 0.0920. The molecule has 2 aliphatic rings. The van der Waals surface area contributed by atoms with Crippen molar-refractivity contribution in [3.63, 3.8) is 0 Å². The number of hydrogen-bond donors (Lipinski definition) is 1. The van der Waals surface area contributed by atoms with E-state index in [2.05, 4.69) is 12.1 Å². The summed E-state index contributed by atoms with van der Waals surface area (Å²) >= 11 is 0. The molecule has 1 N–H and O–H groups in total. The lowest BCUT2D eigenvalue weighted by atomic mass is 9.70. The van der Waals surface area contributed by atoms with Gasteiger partial charge in [-0.3, -0.25) is 4.79 Å². The number of benzene rings is 1. The molecule has 0 radical (unpaired) electrons. The van der Waals surface area contributed by atoms with Gasteiger partial charge in [0.05, 0.1) is 6.61 Å². The molecule has 4 heteroatoms. The van der Waals surface area contributed by atoms with E-state index in [-0.39, 0.29) is 36.6 Å². The number of aliphatic hydroxyl groups excluding tert-OH is 1. The maximum Gasteiger partial charge on any atom is 0.249 e. The van der Waals surface area contributed by atoms with Crippen molar-refractivity contribution in [2.24, 2.45) is 5.41 Å². The van der Waals surface area contributed by atoms with Crippen LogP contribution in [0.15, 0.2) is 30.3 Å². The Morgan fingerprint density at radius 2 is 2.13 bits per heavy atom. The predicted octanol–water partition coefficient (Wildman–Crippen LogP) is 2.40. The molecular formula is C19H27NO3. The number of hydrogen-bond acceptors (Lipinski definition) is 3. The molecule has 2 saturated heterocycles. The highest BCUT2D eigenvalue weighted by molar-refractivity contribution is 5.79. The van der Waals surface area contributed by atoms with Crippen LogP contribution < -0.4 is 0 Å². The Kier molecular flexibility index (Phi) is 5.02. The van der Waals surface area contributed by atoms with Gasteiger partial charge in [0.1, 0.15) is 6.61 Å². The van der Waals surface area contributed by atoms with E-state index in [9.17, 15) is 9.90 Å². The van der Waals surface area contributed by atoms with Gasteiger partial charge >= 0.3 is 0 Å². The maximum atomic E-state index is 12.6. The van der Waals surface area contributed by atoms with E-state index >= 15 is 0 Å². The minimum atomic E-state index is -0.190. The second-order valence-electron chi connectivity index (χ2n) is 6.99. The monoisotopic (exact) mass is 317 g/mol. The first kappa shape index (κ1) is 16.5.